The highest BCUT2D eigenvalue weighted by Crippen LogP contribution is 2.41. The molecule has 1 N–H and O–H groups in total. The number of anilines is 2. The van der Waals surface area contributed by atoms with E-state index in [1.165, 1.54) is 0 Å². The van der Waals surface area contributed by atoms with Crippen molar-refractivity contribution in [3.8, 4) is 11.3 Å². The first kappa shape index (κ1) is 15.0. The van der Waals surface area contributed by atoms with Gasteiger partial charge in [-0.3, -0.25) is 0 Å². The Bertz CT molecular complexity index is 901. The third kappa shape index (κ3) is 3.09. The second-order valence-corrected chi connectivity index (χ2v) is 7.50. The minimum absolute atomic E-state index is 0.592. The predicted molar refractivity (Wildman–Crippen MR) is 99.5 cm³/mol. The Kier molecular flexibility index (Phi) is 4.01. The Hall–Kier alpha value is -1.56. The van der Waals surface area contributed by atoms with Crippen LogP contribution in [0.4, 0.5) is 11.6 Å². The minimum Gasteiger partial charge on any atom is -0.324 e. The van der Waals surface area contributed by atoms with Crippen molar-refractivity contribution in [2.24, 2.45) is 0 Å². The first-order valence-corrected chi connectivity index (χ1v) is 9.16. The van der Waals surface area contributed by atoms with E-state index < -0.39 is 0 Å². The highest BCUT2D eigenvalue weighted by molar-refractivity contribution is 9.10. The number of halogens is 2. The van der Waals surface area contributed by atoms with Gasteiger partial charge in [-0.05, 0) is 30.3 Å². The molecule has 0 unspecified atom stereocenters. The van der Waals surface area contributed by atoms with Crippen molar-refractivity contribution < 1.29 is 0 Å². The summed E-state index contributed by atoms with van der Waals surface area (Å²) in [5, 5.41) is 4.00. The average molecular weight is 405 g/mol. The second kappa shape index (κ2) is 6.15. The SMILES string of the molecule is Clc1ccc2c(c1)SCc1cnc(Nc3cccc(Br)c3)nc1-2. The molecule has 23 heavy (non-hydrogen) atoms. The largest absolute Gasteiger partial charge is 0.324 e. The molecule has 0 radical (unpaired) electrons. The highest BCUT2D eigenvalue weighted by Gasteiger charge is 2.19. The van der Waals surface area contributed by atoms with Crippen molar-refractivity contribution in [1.29, 1.82) is 0 Å². The molecule has 3 aromatic rings. The van der Waals surface area contributed by atoms with Gasteiger partial charge in [-0.25, -0.2) is 9.97 Å². The predicted octanol–water partition coefficient (Wildman–Crippen LogP) is 5.91. The first-order valence-electron chi connectivity index (χ1n) is 7.00. The first-order chi connectivity index (χ1) is 11.2. The van der Waals surface area contributed by atoms with Crippen LogP contribution in [-0.4, -0.2) is 9.97 Å². The standard InChI is InChI=1S/C17H11BrClN3S/c18-11-2-1-3-13(6-11)21-17-20-8-10-9-23-15-7-12(19)4-5-14(15)16(10)22-17/h1-8H,9H2,(H,20,21,22). The van der Waals surface area contributed by atoms with E-state index in [9.17, 15) is 0 Å². The van der Waals surface area contributed by atoms with Gasteiger partial charge in [0.25, 0.3) is 0 Å². The quantitative estimate of drug-likeness (QED) is 0.576. The normalized spacial score (nSPS) is 12.4. The third-order valence-electron chi connectivity index (χ3n) is 3.53. The molecular weight excluding hydrogens is 394 g/mol. The maximum absolute atomic E-state index is 6.09. The number of hydrogen-bond donors (Lipinski definition) is 1. The highest BCUT2D eigenvalue weighted by atomic mass is 79.9. The topological polar surface area (TPSA) is 37.8 Å². The number of benzene rings is 2. The summed E-state index contributed by atoms with van der Waals surface area (Å²) in [5.41, 5.74) is 4.17. The fraction of sp³-hybridized carbons (Fsp3) is 0.0588. The molecule has 0 saturated heterocycles. The summed E-state index contributed by atoms with van der Waals surface area (Å²) in [4.78, 5) is 10.3. The fourth-order valence-electron chi connectivity index (χ4n) is 2.47. The smallest absolute Gasteiger partial charge is 0.227 e. The van der Waals surface area contributed by atoms with Crippen LogP contribution in [0.3, 0.4) is 0 Å². The number of hydrogen-bond acceptors (Lipinski definition) is 4. The van der Waals surface area contributed by atoms with Crippen LogP contribution in [-0.2, 0) is 5.75 Å². The summed E-state index contributed by atoms with van der Waals surface area (Å²) in [6, 6.07) is 13.9. The van der Waals surface area contributed by atoms with Gasteiger partial charge in [-0.2, -0.15) is 0 Å². The molecule has 0 fully saturated rings. The Labute approximate surface area is 151 Å². The van der Waals surface area contributed by atoms with E-state index in [0.717, 1.165) is 42.7 Å². The third-order valence-corrected chi connectivity index (χ3v) is 5.36. The number of aromatic nitrogens is 2. The maximum atomic E-state index is 6.09. The van der Waals surface area contributed by atoms with Crippen LogP contribution in [0.1, 0.15) is 5.56 Å². The number of rotatable bonds is 2. The molecule has 1 aliphatic rings. The molecule has 3 nitrogen and oxygen atoms in total. The van der Waals surface area contributed by atoms with E-state index in [1.54, 1.807) is 11.8 Å². The Morgan fingerprint density at radius 2 is 2.09 bits per heavy atom. The zero-order chi connectivity index (χ0) is 15.8. The van der Waals surface area contributed by atoms with Crippen molar-refractivity contribution in [1.82, 2.24) is 9.97 Å². The van der Waals surface area contributed by atoms with Crippen LogP contribution in [0.2, 0.25) is 5.02 Å². The summed E-state index contributed by atoms with van der Waals surface area (Å²) in [6.45, 7) is 0. The lowest BCUT2D eigenvalue weighted by Gasteiger charge is -2.19. The maximum Gasteiger partial charge on any atom is 0.227 e. The Balaban J connectivity index is 1.73. The van der Waals surface area contributed by atoms with Gasteiger partial charge in [0.2, 0.25) is 5.95 Å². The average Bonchev–Trinajstić information content (AvgIpc) is 2.54. The molecule has 0 aliphatic carbocycles. The molecule has 114 valence electrons. The molecule has 0 atom stereocenters. The van der Waals surface area contributed by atoms with Gasteiger partial charge < -0.3 is 5.32 Å². The van der Waals surface area contributed by atoms with Crippen molar-refractivity contribution in [2.45, 2.75) is 10.6 Å². The van der Waals surface area contributed by atoms with Gasteiger partial charge in [0.15, 0.2) is 0 Å². The number of nitrogens with one attached hydrogen (secondary N) is 1. The lowest BCUT2D eigenvalue weighted by molar-refractivity contribution is 1.11. The number of fused-ring (bicyclic) bond motifs is 3. The monoisotopic (exact) mass is 403 g/mol. The molecule has 2 heterocycles. The van der Waals surface area contributed by atoms with Gasteiger partial charge >= 0.3 is 0 Å². The van der Waals surface area contributed by atoms with Gasteiger partial charge in [-0.15, -0.1) is 11.8 Å². The summed E-state index contributed by atoms with van der Waals surface area (Å²) in [5.74, 6) is 1.45. The zero-order valence-corrected chi connectivity index (χ0v) is 15.0. The van der Waals surface area contributed by atoms with E-state index in [2.05, 4.69) is 26.2 Å². The molecule has 1 aromatic heterocycles. The van der Waals surface area contributed by atoms with Crippen molar-refractivity contribution in [3.63, 3.8) is 0 Å². The molecule has 2 aromatic carbocycles. The van der Waals surface area contributed by atoms with E-state index in [1.807, 2.05) is 48.7 Å². The molecule has 4 rings (SSSR count). The zero-order valence-electron chi connectivity index (χ0n) is 11.9. The summed E-state index contributed by atoms with van der Waals surface area (Å²) in [7, 11) is 0. The summed E-state index contributed by atoms with van der Waals surface area (Å²) >= 11 is 11.3. The number of thioether (sulfide) groups is 1. The van der Waals surface area contributed by atoms with Crippen LogP contribution < -0.4 is 5.32 Å². The lowest BCUT2D eigenvalue weighted by atomic mass is 10.1. The van der Waals surface area contributed by atoms with Gasteiger partial charge in [-0.1, -0.05) is 39.7 Å². The van der Waals surface area contributed by atoms with Gasteiger partial charge in [0.1, 0.15) is 0 Å². The van der Waals surface area contributed by atoms with Crippen LogP contribution in [0.15, 0.2) is 58.0 Å². The van der Waals surface area contributed by atoms with Gasteiger partial charge in [0.05, 0.1) is 5.69 Å². The number of nitrogens with zero attached hydrogens (tertiary/aromatic N) is 2. The van der Waals surface area contributed by atoms with E-state index >= 15 is 0 Å². The molecule has 0 spiro atoms. The molecule has 0 amide bonds. The Morgan fingerprint density at radius 1 is 1.17 bits per heavy atom. The molecule has 1 aliphatic heterocycles. The van der Waals surface area contributed by atoms with Crippen molar-refractivity contribution in [2.75, 3.05) is 5.32 Å². The fourth-order valence-corrected chi connectivity index (χ4v) is 4.16. The van der Waals surface area contributed by atoms with E-state index in [0.29, 0.717) is 5.95 Å². The van der Waals surface area contributed by atoms with Crippen LogP contribution in [0, 0.1) is 0 Å². The van der Waals surface area contributed by atoms with Crippen molar-refractivity contribution in [3.05, 3.63) is 63.7 Å². The second-order valence-electron chi connectivity index (χ2n) is 5.13. The molecule has 0 bridgehead atoms. The van der Waals surface area contributed by atoms with Crippen LogP contribution >= 0.6 is 39.3 Å². The van der Waals surface area contributed by atoms with Gasteiger partial charge in [0, 0.05) is 43.2 Å². The molecular formula is C17H11BrClN3S. The summed E-state index contributed by atoms with van der Waals surface area (Å²) in [6.07, 6.45) is 1.90. The van der Waals surface area contributed by atoms with Crippen LogP contribution in [0.25, 0.3) is 11.3 Å². The minimum atomic E-state index is 0.592. The lowest BCUT2D eigenvalue weighted by Crippen LogP contribution is -2.04. The summed E-state index contributed by atoms with van der Waals surface area (Å²) < 4.78 is 1.01. The Morgan fingerprint density at radius 3 is 2.96 bits per heavy atom. The van der Waals surface area contributed by atoms with E-state index in [4.69, 9.17) is 16.6 Å². The molecule has 0 saturated carbocycles. The van der Waals surface area contributed by atoms with Crippen LogP contribution in [0.5, 0.6) is 0 Å². The molecule has 6 heteroatoms. The van der Waals surface area contributed by atoms with E-state index in [-0.39, 0.29) is 0 Å². The van der Waals surface area contributed by atoms with Crippen molar-refractivity contribution >= 4 is 50.9 Å².